The third kappa shape index (κ3) is 2.11. The molecule has 94 valence electrons. The van der Waals surface area contributed by atoms with E-state index in [0.717, 1.165) is 5.39 Å². The van der Waals surface area contributed by atoms with Crippen molar-refractivity contribution in [3.63, 3.8) is 0 Å². The van der Waals surface area contributed by atoms with Crippen molar-refractivity contribution in [1.29, 1.82) is 0 Å². The summed E-state index contributed by atoms with van der Waals surface area (Å²) in [6.45, 7) is 0. The van der Waals surface area contributed by atoms with E-state index < -0.39 is 5.91 Å². The van der Waals surface area contributed by atoms with Crippen LogP contribution in [-0.4, -0.2) is 20.9 Å². The summed E-state index contributed by atoms with van der Waals surface area (Å²) in [5.74, 6) is -0.0863. The van der Waals surface area contributed by atoms with Crippen LogP contribution in [-0.2, 0) is 0 Å². The molecule has 2 aromatic heterocycles. The van der Waals surface area contributed by atoms with Crippen molar-refractivity contribution in [2.75, 3.05) is 5.32 Å². The maximum absolute atomic E-state index is 12.0. The summed E-state index contributed by atoms with van der Waals surface area (Å²) in [5.41, 5.74) is -0.0946. The van der Waals surface area contributed by atoms with Crippen LogP contribution in [0.3, 0.4) is 0 Å². The molecule has 0 aliphatic heterocycles. The highest BCUT2D eigenvalue weighted by atomic mass is 16.2. The predicted octanol–water partition coefficient (Wildman–Crippen LogP) is 1.50. The first-order valence-electron chi connectivity index (χ1n) is 5.67. The number of imidazole rings is 1. The molecule has 6 heteroatoms. The van der Waals surface area contributed by atoms with Gasteiger partial charge in [-0.25, -0.2) is 4.98 Å². The standard InChI is InChI=1S/C13H10N4O2/c18-11-9-4-2-1-3-8(9)7-10(16-11)12(19)17-13-14-5-6-15-13/h1-7H,(H,16,18)(H2,14,15,17,19). The fraction of sp³-hybridized carbons (Fsp3) is 0. The van der Waals surface area contributed by atoms with Gasteiger partial charge < -0.3 is 9.97 Å². The predicted molar refractivity (Wildman–Crippen MR) is 71.1 cm³/mol. The van der Waals surface area contributed by atoms with Gasteiger partial charge in [0.05, 0.1) is 0 Å². The molecular formula is C13H10N4O2. The number of carbonyl (C=O) groups excluding carboxylic acids is 1. The smallest absolute Gasteiger partial charge is 0.274 e. The number of nitrogens with zero attached hydrogens (tertiary/aromatic N) is 1. The Hall–Kier alpha value is -2.89. The van der Waals surface area contributed by atoms with Crippen molar-refractivity contribution >= 4 is 22.6 Å². The molecule has 3 N–H and O–H groups in total. The second-order valence-electron chi connectivity index (χ2n) is 3.99. The number of fused-ring (bicyclic) bond motifs is 1. The lowest BCUT2D eigenvalue weighted by atomic mass is 10.1. The number of hydrogen-bond acceptors (Lipinski definition) is 3. The zero-order chi connectivity index (χ0) is 13.2. The van der Waals surface area contributed by atoms with Gasteiger partial charge in [-0.3, -0.25) is 14.9 Å². The molecule has 0 fully saturated rings. The van der Waals surface area contributed by atoms with Crippen molar-refractivity contribution in [1.82, 2.24) is 15.0 Å². The molecule has 6 nitrogen and oxygen atoms in total. The maximum atomic E-state index is 12.0. The molecule has 2 heterocycles. The SMILES string of the molecule is O=C(Nc1ncc[nH]1)c1cc2ccccc2c(=O)[nH]1. The van der Waals surface area contributed by atoms with E-state index in [1.165, 1.54) is 6.20 Å². The van der Waals surface area contributed by atoms with Gasteiger partial charge >= 0.3 is 0 Å². The van der Waals surface area contributed by atoms with Crippen LogP contribution in [0.4, 0.5) is 5.95 Å². The number of pyridine rings is 1. The van der Waals surface area contributed by atoms with E-state index in [2.05, 4.69) is 20.3 Å². The Morgan fingerprint density at radius 1 is 1.26 bits per heavy atom. The number of aromatic amines is 2. The number of amides is 1. The molecule has 19 heavy (non-hydrogen) atoms. The number of aromatic nitrogens is 3. The quantitative estimate of drug-likeness (QED) is 0.647. The molecular weight excluding hydrogens is 244 g/mol. The second kappa shape index (κ2) is 4.41. The lowest BCUT2D eigenvalue weighted by Gasteiger charge is -2.03. The maximum Gasteiger partial charge on any atom is 0.274 e. The van der Waals surface area contributed by atoms with Crippen molar-refractivity contribution in [2.45, 2.75) is 0 Å². The number of H-pyrrole nitrogens is 2. The number of carbonyl (C=O) groups is 1. The van der Waals surface area contributed by atoms with Crippen LogP contribution in [0, 0.1) is 0 Å². The first kappa shape index (κ1) is 11.2. The highest BCUT2D eigenvalue weighted by Crippen LogP contribution is 2.10. The normalized spacial score (nSPS) is 10.5. The van der Waals surface area contributed by atoms with Crippen LogP contribution < -0.4 is 10.9 Å². The van der Waals surface area contributed by atoms with Gasteiger partial charge in [0, 0.05) is 17.8 Å². The summed E-state index contributed by atoms with van der Waals surface area (Å²) in [6, 6.07) is 8.72. The van der Waals surface area contributed by atoms with Crippen molar-refractivity contribution < 1.29 is 4.79 Å². The van der Waals surface area contributed by atoms with Gasteiger partial charge in [0.15, 0.2) is 0 Å². The molecule has 0 saturated heterocycles. The molecule has 1 aromatic carbocycles. The van der Waals surface area contributed by atoms with Crippen LogP contribution >= 0.6 is 0 Å². The van der Waals surface area contributed by atoms with E-state index in [-0.39, 0.29) is 11.3 Å². The fourth-order valence-electron chi connectivity index (χ4n) is 1.84. The molecule has 0 spiro atoms. The van der Waals surface area contributed by atoms with Crippen molar-refractivity contribution in [2.24, 2.45) is 0 Å². The largest absolute Gasteiger partial charge is 0.331 e. The molecule has 1 amide bonds. The van der Waals surface area contributed by atoms with Crippen LogP contribution in [0.1, 0.15) is 10.5 Å². The Balaban J connectivity index is 2.01. The summed E-state index contributed by atoms with van der Waals surface area (Å²) in [7, 11) is 0. The minimum Gasteiger partial charge on any atom is -0.331 e. The first-order chi connectivity index (χ1) is 9.24. The van der Waals surface area contributed by atoms with Crippen molar-refractivity contribution in [3.05, 3.63) is 58.8 Å². The summed E-state index contributed by atoms with van der Waals surface area (Å²) in [6.07, 6.45) is 3.12. The monoisotopic (exact) mass is 254 g/mol. The Morgan fingerprint density at radius 3 is 2.89 bits per heavy atom. The summed E-state index contributed by atoms with van der Waals surface area (Å²) >= 11 is 0. The van der Waals surface area contributed by atoms with Crippen molar-refractivity contribution in [3.8, 4) is 0 Å². The summed E-state index contributed by atoms with van der Waals surface area (Å²) < 4.78 is 0. The molecule has 0 aliphatic carbocycles. The molecule has 0 unspecified atom stereocenters. The van der Waals surface area contributed by atoms with Crippen LogP contribution in [0.5, 0.6) is 0 Å². The van der Waals surface area contributed by atoms with Gasteiger partial charge in [0.25, 0.3) is 11.5 Å². The van der Waals surface area contributed by atoms with Gasteiger partial charge in [-0.1, -0.05) is 18.2 Å². The topological polar surface area (TPSA) is 90.6 Å². The van der Waals surface area contributed by atoms with Gasteiger partial charge in [0.1, 0.15) is 5.69 Å². The van der Waals surface area contributed by atoms with Crippen LogP contribution in [0.2, 0.25) is 0 Å². The number of benzene rings is 1. The van der Waals surface area contributed by atoms with Gasteiger partial charge in [-0.2, -0.15) is 0 Å². The number of nitrogens with one attached hydrogen (secondary N) is 3. The Kier molecular flexibility index (Phi) is 2.60. The molecule has 0 radical (unpaired) electrons. The zero-order valence-electron chi connectivity index (χ0n) is 9.81. The van der Waals surface area contributed by atoms with Gasteiger partial charge in [0.2, 0.25) is 5.95 Å². The van der Waals surface area contributed by atoms with E-state index in [0.29, 0.717) is 11.3 Å². The van der Waals surface area contributed by atoms with E-state index >= 15 is 0 Å². The number of rotatable bonds is 2. The Labute approximate surface area is 107 Å². The molecule has 0 bridgehead atoms. The molecule has 3 rings (SSSR count). The van der Waals surface area contributed by atoms with Crippen LogP contribution in [0.25, 0.3) is 10.8 Å². The lowest BCUT2D eigenvalue weighted by Crippen LogP contribution is -2.19. The van der Waals surface area contributed by atoms with Crippen LogP contribution in [0.15, 0.2) is 47.5 Å². The average molecular weight is 254 g/mol. The van der Waals surface area contributed by atoms with Gasteiger partial charge in [-0.15, -0.1) is 0 Å². The van der Waals surface area contributed by atoms with E-state index in [1.807, 2.05) is 6.07 Å². The minimum absolute atomic E-state index is 0.195. The van der Waals surface area contributed by atoms with Gasteiger partial charge in [-0.05, 0) is 17.5 Å². The molecule has 0 saturated carbocycles. The Bertz CT molecular complexity index is 790. The fourth-order valence-corrected chi connectivity index (χ4v) is 1.84. The van der Waals surface area contributed by atoms with E-state index in [1.54, 1.807) is 30.5 Å². The third-order valence-electron chi connectivity index (χ3n) is 2.73. The lowest BCUT2D eigenvalue weighted by molar-refractivity contribution is 0.102. The summed E-state index contributed by atoms with van der Waals surface area (Å²) in [4.78, 5) is 33.0. The average Bonchev–Trinajstić information content (AvgIpc) is 2.91. The Morgan fingerprint density at radius 2 is 2.11 bits per heavy atom. The zero-order valence-corrected chi connectivity index (χ0v) is 9.81. The molecule has 0 atom stereocenters. The minimum atomic E-state index is -0.419. The second-order valence-corrected chi connectivity index (χ2v) is 3.99. The molecule has 3 aromatic rings. The first-order valence-corrected chi connectivity index (χ1v) is 5.67. The number of anilines is 1. The highest BCUT2D eigenvalue weighted by molar-refractivity contribution is 6.03. The highest BCUT2D eigenvalue weighted by Gasteiger charge is 2.10. The number of hydrogen-bond donors (Lipinski definition) is 3. The van der Waals surface area contributed by atoms with E-state index in [9.17, 15) is 9.59 Å². The summed E-state index contributed by atoms with van der Waals surface area (Å²) in [5, 5.41) is 3.83. The van der Waals surface area contributed by atoms with E-state index in [4.69, 9.17) is 0 Å². The molecule has 0 aliphatic rings. The third-order valence-corrected chi connectivity index (χ3v) is 2.73.